The average Bonchev–Trinajstić information content (AvgIpc) is 2.58. The van der Waals surface area contributed by atoms with Crippen LogP contribution in [-0.4, -0.2) is 10.1 Å². The maximum atomic E-state index is 4.96. The summed E-state index contributed by atoms with van der Waals surface area (Å²) < 4.78 is 4.96. The summed E-state index contributed by atoms with van der Waals surface area (Å²) in [6, 6.07) is 0. The Morgan fingerprint density at radius 2 is 2.09 bits per heavy atom. The Balaban J connectivity index is 2.04. The lowest BCUT2D eigenvalue weighted by atomic mass is 9.89. The van der Waals surface area contributed by atoms with Crippen LogP contribution in [-0.2, 0) is 0 Å². The number of rotatable bonds is 1. The molecule has 2 rings (SSSR count). The van der Waals surface area contributed by atoms with Crippen LogP contribution >= 0.6 is 0 Å². The molecule has 1 fully saturated rings. The Hall–Kier alpha value is -0.860. The third kappa shape index (κ3) is 1.42. The van der Waals surface area contributed by atoms with Crippen molar-refractivity contribution in [1.82, 2.24) is 10.1 Å². The van der Waals surface area contributed by atoms with Crippen molar-refractivity contribution in [2.24, 2.45) is 0 Å². The molecule has 3 nitrogen and oxygen atoms in total. The molecular weight excluding hydrogens is 140 g/mol. The lowest BCUT2D eigenvalue weighted by Crippen LogP contribution is -2.04. The smallest absolute Gasteiger partial charge is 0.243 e. The summed E-state index contributed by atoms with van der Waals surface area (Å²) in [5.41, 5.74) is 0. The van der Waals surface area contributed by atoms with Gasteiger partial charge in [-0.05, 0) is 12.8 Å². The first-order valence-corrected chi connectivity index (χ1v) is 4.16. The molecule has 0 aromatic carbocycles. The minimum Gasteiger partial charge on any atom is -0.339 e. The average molecular weight is 151 g/mol. The van der Waals surface area contributed by atoms with E-state index in [1.165, 1.54) is 32.1 Å². The monoisotopic (exact) mass is 151 g/mol. The van der Waals surface area contributed by atoms with Crippen molar-refractivity contribution in [1.29, 1.82) is 0 Å². The van der Waals surface area contributed by atoms with Crippen molar-refractivity contribution in [3.05, 3.63) is 12.2 Å². The molecule has 0 atom stereocenters. The van der Waals surface area contributed by atoms with E-state index in [1.807, 2.05) is 0 Å². The van der Waals surface area contributed by atoms with Gasteiger partial charge < -0.3 is 4.52 Å². The molecule has 3 heteroatoms. The van der Waals surface area contributed by atoms with Gasteiger partial charge in [-0.3, -0.25) is 0 Å². The molecule has 11 heavy (non-hydrogen) atoms. The highest BCUT2D eigenvalue weighted by molar-refractivity contribution is 4.89. The topological polar surface area (TPSA) is 38.9 Å². The zero-order valence-corrected chi connectivity index (χ0v) is 6.42. The molecule has 1 aromatic rings. The van der Waals surface area contributed by atoms with Crippen molar-refractivity contribution >= 4 is 0 Å². The minimum atomic E-state index is 0.516. The van der Waals surface area contributed by atoms with Gasteiger partial charge in [-0.2, -0.15) is 4.98 Å². The van der Waals surface area contributed by atoms with Crippen LogP contribution in [0.25, 0.3) is 0 Å². The highest BCUT2D eigenvalue weighted by atomic mass is 16.5. The SMILES string of the molecule is [c]1noc(C2CCCCC2)n1. The molecule has 0 saturated heterocycles. The summed E-state index contributed by atoms with van der Waals surface area (Å²) in [7, 11) is 0. The lowest BCUT2D eigenvalue weighted by Gasteiger charge is -2.16. The molecule has 0 aliphatic heterocycles. The first kappa shape index (κ1) is 6.83. The highest BCUT2D eigenvalue weighted by Crippen LogP contribution is 2.30. The second-order valence-corrected chi connectivity index (χ2v) is 3.07. The molecule has 1 aliphatic rings. The molecule has 0 N–H and O–H groups in total. The van der Waals surface area contributed by atoms with Gasteiger partial charge >= 0.3 is 0 Å². The summed E-state index contributed by atoms with van der Waals surface area (Å²) >= 11 is 0. The van der Waals surface area contributed by atoms with E-state index in [0.717, 1.165) is 5.89 Å². The zero-order valence-electron chi connectivity index (χ0n) is 6.42. The maximum absolute atomic E-state index is 4.96. The van der Waals surface area contributed by atoms with Crippen LogP contribution in [0.15, 0.2) is 4.52 Å². The predicted octanol–water partition coefficient (Wildman–Crippen LogP) is 1.92. The molecule has 1 heterocycles. The molecule has 1 aliphatic carbocycles. The number of hydrogen-bond acceptors (Lipinski definition) is 3. The van der Waals surface area contributed by atoms with Crippen LogP contribution in [0.2, 0.25) is 0 Å². The van der Waals surface area contributed by atoms with Crippen LogP contribution in [0.5, 0.6) is 0 Å². The highest BCUT2D eigenvalue weighted by Gasteiger charge is 2.19. The van der Waals surface area contributed by atoms with Gasteiger partial charge in [0.2, 0.25) is 12.2 Å². The van der Waals surface area contributed by atoms with E-state index >= 15 is 0 Å². The quantitative estimate of drug-likeness (QED) is 0.615. The number of hydrogen-bond donors (Lipinski definition) is 0. The van der Waals surface area contributed by atoms with Crippen molar-refractivity contribution in [2.75, 3.05) is 0 Å². The van der Waals surface area contributed by atoms with Crippen molar-refractivity contribution in [3.63, 3.8) is 0 Å². The number of nitrogens with zero attached hydrogens (tertiary/aromatic N) is 2. The normalized spacial score (nSPS) is 20.4. The Labute approximate surface area is 65.8 Å². The van der Waals surface area contributed by atoms with E-state index in [0.29, 0.717) is 5.92 Å². The third-order valence-electron chi connectivity index (χ3n) is 2.29. The molecule has 0 spiro atoms. The Bertz CT molecular complexity index is 202. The Morgan fingerprint density at radius 3 is 2.73 bits per heavy atom. The third-order valence-corrected chi connectivity index (χ3v) is 2.29. The molecule has 0 bridgehead atoms. The molecule has 1 saturated carbocycles. The minimum absolute atomic E-state index is 0.516. The summed E-state index contributed by atoms with van der Waals surface area (Å²) in [6.07, 6.45) is 8.82. The second-order valence-electron chi connectivity index (χ2n) is 3.07. The first-order chi connectivity index (χ1) is 5.47. The first-order valence-electron chi connectivity index (χ1n) is 4.16. The van der Waals surface area contributed by atoms with Gasteiger partial charge in [0.25, 0.3) is 0 Å². The van der Waals surface area contributed by atoms with Crippen LogP contribution < -0.4 is 0 Å². The maximum Gasteiger partial charge on any atom is 0.243 e. The second kappa shape index (κ2) is 3.03. The lowest BCUT2D eigenvalue weighted by molar-refractivity contribution is 0.313. The van der Waals surface area contributed by atoms with Crippen LogP contribution in [0.3, 0.4) is 0 Å². The summed E-state index contributed by atoms with van der Waals surface area (Å²) in [5.74, 6) is 1.30. The van der Waals surface area contributed by atoms with E-state index in [-0.39, 0.29) is 0 Å². The molecular formula is C8H11N2O. The Morgan fingerprint density at radius 1 is 1.27 bits per heavy atom. The summed E-state index contributed by atoms with van der Waals surface area (Å²) in [4.78, 5) is 3.94. The standard InChI is InChI=1S/C8H11N2O/c1-2-4-7(5-3-1)8-9-6-10-11-8/h7H,1-5H2. The van der Waals surface area contributed by atoms with E-state index < -0.39 is 0 Å². The van der Waals surface area contributed by atoms with E-state index in [4.69, 9.17) is 4.52 Å². The molecule has 1 radical (unpaired) electrons. The van der Waals surface area contributed by atoms with Gasteiger partial charge in [0.1, 0.15) is 0 Å². The van der Waals surface area contributed by atoms with Crippen LogP contribution in [0.1, 0.15) is 43.9 Å². The van der Waals surface area contributed by atoms with Gasteiger partial charge in [-0.15, -0.1) is 0 Å². The van der Waals surface area contributed by atoms with Crippen molar-refractivity contribution in [2.45, 2.75) is 38.0 Å². The fourth-order valence-corrected chi connectivity index (χ4v) is 1.67. The van der Waals surface area contributed by atoms with Gasteiger partial charge in [0, 0.05) is 5.92 Å². The summed E-state index contributed by atoms with van der Waals surface area (Å²) in [5, 5.41) is 3.49. The fourth-order valence-electron chi connectivity index (χ4n) is 1.67. The number of aromatic nitrogens is 2. The summed E-state index contributed by atoms with van der Waals surface area (Å²) in [6.45, 7) is 0. The van der Waals surface area contributed by atoms with Gasteiger partial charge in [-0.1, -0.05) is 24.4 Å². The van der Waals surface area contributed by atoms with Gasteiger partial charge in [0.15, 0.2) is 0 Å². The van der Waals surface area contributed by atoms with Crippen molar-refractivity contribution in [3.8, 4) is 0 Å². The van der Waals surface area contributed by atoms with Gasteiger partial charge in [0.05, 0.1) is 0 Å². The van der Waals surface area contributed by atoms with Gasteiger partial charge in [-0.25, -0.2) is 0 Å². The van der Waals surface area contributed by atoms with Crippen molar-refractivity contribution < 1.29 is 4.52 Å². The molecule has 1 aromatic heterocycles. The van der Waals surface area contributed by atoms with E-state index in [9.17, 15) is 0 Å². The Kier molecular flexibility index (Phi) is 1.88. The largest absolute Gasteiger partial charge is 0.339 e. The van der Waals surface area contributed by atoms with Crippen LogP contribution in [0.4, 0.5) is 0 Å². The van der Waals surface area contributed by atoms with Crippen LogP contribution in [0, 0.1) is 6.33 Å². The van der Waals surface area contributed by atoms with E-state index in [2.05, 4.69) is 16.5 Å². The van der Waals surface area contributed by atoms with E-state index in [1.54, 1.807) is 0 Å². The molecule has 59 valence electrons. The zero-order chi connectivity index (χ0) is 7.52. The molecule has 0 amide bonds. The fraction of sp³-hybridized carbons (Fsp3) is 0.750. The molecule has 0 unspecified atom stereocenters. The predicted molar refractivity (Wildman–Crippen MR) is 39.0 cm³/mol.